The number of rotatable bonds is 3. The van der Waals surface area contributed by atoms with Gasteiger partial charge in [-0.05, 0) is 12.5 Å². The third kappa shape index (κ3) is 2.97. The van der Waals surface area contributed by atoms with Crippen molar-refractivity contribution < 1.29 is 13.2 Å². The predicted molar refractivity (Wildman–Crippen MR) is 55.3 cm³/mol. The lowest BCUT2D eigenvalue weighted by Crippen LogP contribution is -2.12. The minimum Gasteiger partial charge on any atom is -0.324 e. The maximum atomic E-state index is 13.1. The van der Waals surface area contributed by atoms with Crippen LogP contribution in [0.5, 0.6) is 0 Å². The molecule has 0 saturated heterocycles. The molecule has 0 saturated carbocycles. The van der Waals surface area contributed by atoms with Gasteiger partial charge < -0.3 is 5.73 Å². The summed E-state index contributed by atoms with van der Waals surface area (Å²) in [7, 11) is 0. The Bertz CT molecular complexity index is 355. The van der Waals surface area contributed by atoms with Crippen molar-refractivity contribution in [3.05, 3.63) is 47.8 Å². The minimum absolute atomic E-state index is 0. The molecule has 0 spiro atoms. The number of halogens is 4. The number of hydrogen-bond donors (Lipinski definition) is 1. The van der Waals surface area contributed by atoms with Crippen LogP contribution < -0.4 is 5.73 Å². The summed E-state index contributed by atoms with van der Waals surface area (Å²) in [5.41, 5.74) is 5.49. The van der Waals surface area contributed by atoms with Crippen LogP contribution in [0.4, 0.5) is 13.2 Å². The van der Waals surface area contributed by atoms with E-state index >= 15 is 0 Å². The molecule has 0 bridgehead atoms. The van der Waals surface area contributed by atoms with Gasteiger partial charge in [0.25, 0.3) is 0 Å². The second-order valence-electron chi connectivity index (χ2n) is 2.90. The molecule has 0 aliphatic rings. The van der Waals surface area contributed by atoms with E-state index in [1.165, 1.54) is 6.08 Å². The second kappa shape index (κ2) is 5.78. The molecule has 1 nitrogen and oxygen atoms in total. The molecule has 0 amide bonds. The van der Waals surface area contributed by atoms with Crippen molar-refractivity contribution in [3.8, 4) is 0 Å². The maximum Gasteiger partial charge on any atom is 0.194 e. The Balaban J connectivity index is 0.00000196. The van der Waals surface area contributed by atoms with Gasteiger partial charge in [0.15, 0.2) is 17.5 Å². The highest BCUT2D eigenvalue weighted by Crippen LogP contribution is 2.21. The molecule has 0 aliphatic heterocycles. The van der Waals surface area contributed by atoms with E-state index in [2.05, 4.69) is 6.58 Å². The van der Waals surface area contributed by atoms with E-state index in [1.54, 1.807) is 0 Å². The van der Waals surface area contributed by atoms with Crippen LogP contribution in [0.25, 0.3) is 0 Å². The van der Waals surface area contributed by atoms with Gasteiger partial charge in [-0.25, -0.2) is 13.2 Å². The molecule has 84 valence electrons. The Labute approximate surface area is 92.2 Å². The Kier molecular flexibility index (Phi) is 5.39. The monoisotopic (exact) mass is 237 g/mol. The topological polar surface area (TPSA) is 26.0 Å². The highest BCUT2D eigenvalue weighted by molar-refractivity contribution is 5.85. The van der Waals surface area contributed by atoms with E-state index in [-0.39, 0.29) is 18.0 Å². The third-order valence-corrected chi connectivity index (χ3v) is 1.89. The first-order valence-corrected chi connectivity index (χ1v) is 4.07. The molecule has 0 radical (unpaired) electrons. The van der Waals surface area contributed by atoms with Crippen molar-refractivity contribution in [3.63, 3.8) is 0 Å². The first-order valence-electron chi connectivity index (χ1n) is 4.07. The van der Waals surface area contributed by atoms with Crippen molar-refractivity contribution in [2.75, 3.05) is 0 Å². The third-order valence-electron chi connectivity index (χ3n) is 1.89. The summed E-state index contributed by atoms with van der Waals surface area (Å²) in [5, 5.41) is 0. The average Bonchev–Trinajstić information content (AvgIpc) is 2.15. The van der Waals surface area contributed by atoms with Crippen LogP contribution in [-0.4, -0.2) is 0 Å². The molecule has 1 rings (SSSR count). The van der Waals surface area contributed by atoms with E-state index in [1.807, 2.05) is 0 Å². The fourth-order valence-corrected chi connectivity index (χ4v) is 1.13. The van der Waals surface area contributed by atoms with Crippen LogP contribution in [0, 0.1) is 17.5 Å². The zero-order chi connectivity index (χ0) is 10.7. The number of benzene rings is 1. The van der Waals surface area contributed by atoms with Crippen molar-refractivity contribution in [2.45, 2.75) is 12.5 Å². The van der Waals surface area contributed by atoms with Crippen LogP contribution >= 0.6 is 12.4 Å². The quantitative estimate of drug-likeness (QED) is 0.635. The largest absolute Gasteiger partial charge is 0.324 e. The lowest BCUT2D eigenvalue weighted by molar-refractivity contribution is 0.435. The van der Waals surface area contributed by atoms with E-state index in [9.17, 15) is 13.2 Å². The van der Waals surface area contributed by atoms with Gasteiger partial charge in [0, 0.05) is 11.6 Å². The summed E-state index contributed by atoms with van der Waals surface area (Å²) in [4.78, 5) is 0. The molecule has 5 heteroatoms. The smallest absolute Gasteiger partial charge is 0.194 e. The fourth-order valence-electron chi connectivity index (χ4n) is 1.13. The Hall–Kier alpha value is -1.00. The van der Waals surface area contributed by atoms with Crippen molar-refractivity contribution in [1.29, 1.82) is 0 Å². The first-order chi connectivity index (χ1) is 6.57. The van der Waals surface area contributed by atoms with E-state index < -0.39 is 23.5 Å². The summed E-state index contributed by atoms with van der Waals surface area (Å²) in [6.45, 7) is 3.43. The summed E-state index contributed by atoms with van der Waals surface area (Å²) in [6, 6.07) is 1.31. The molecule has 0 heterocycles. The summed E-state index contributed by atoms with van der Waals surface area (Å²) in [6.07, 6.45) is 1.80. The first kappa shape index (κ1) is 14.0. The van der Waals surface area contributed by atoms with Gasteiger partial charge in [-0.2, -0.15) is 0 Å². The molecule has 0 unspecified atom stereocenters. The molecule has 0 aliphatic carbocycles. The van der Waals surface area contributed by atoms with Crippen LogP contribution in [0.1, 0.15) is 18.0 Å². The van der Waals surface area contributed by atoms with Crippen LogP contribution in [0.15, 0.2) is 24.8 Å². The van der Waals surface area contributed by atoms with Crippen molar-refractivity contribution >= 4 is 12.4 Å². The van der Waals surface area contributed by atoms with E-state index in [0.717, 1.165) is 12.1 Å². The van der Waals surface area contributed by atoms with Gasteiger partial charge in [0.05, 0.1) is 0 Å². The molecule has 1 atom stereocenters. The SMILES string of the molecule is C=CC[C@H](N)c1ccc(F)c(F)c1F.Cl. The molecule has 0 fully saturated rings. The summed E-state index contributed by atoms with van der Waals surface area (Å²) >= 11 is 0. The molecule has 2 N–H and O–H groups in total. The predicted octanol–water partition coefficient (Wildman–Crippen LogP) is 3.10. The van der Waals surface area contributed by atoms with Gasteiger partial charge in [0.2, 0.25) is 0 Å². The maximum absolute atomic E-state index is 13.1. The molecule has 1 aromatic carbocycles. The number of hydrogen-bond acceptors (Lipinski definition) is 1. The highest BCUT2D eigenvalue weighted by atomic mass is 35.5. The zero-order valence-corrected chi connectivity index (χ0v) is 8.66. The van der Waals surface area contributed by atoms with Gasteiger partial charge in [-0.15, -0.1) is 19.0 Å². The second-order valence-corrected chi connectivity index (χ2v) is 2.90. The van der Waals surface area contributed by atoms with Crippen LogP contribution in [0.3, 0.4) is 0 Å². The lowest BCUT2D eigenvalue weighted by Gasteiger charge is -2.10. The Morgan fingerprint density at radius 1 is 1.27 bits per heavy atom. The zero-order valence-electron chi connectivity index (χ0n) is 7.84. The standard InChI is InChI=1S/C10H10F3N.ClH/c1-2-3-8(14)6-4-5-7(11)10(13)9(6)12;/h2,4-5,8H,1,3,14H2;1H/t8-;/m0./s1. The van der Waals surface area contributed by atoms with Crippen LogP contribution in [0.2, 0.25) is 0 Å². The molecule has 1 aromatic rings. The lowest BCUT2D eigenvalue weighted by atomic mass is 10.0. The van der Waals surface area contributed by atoms with Gasteiger partial charge in [-0.1, -0.05) is 12.1 Å². The Morgan fingerprint density at radius 2 is 1.87 bits per heavy atom. The normalized spacial score (nSPS) is 11.7. The molecule has 15 heavy (non-hydrogen) atoms. The van der Waals surface area contributed by atoms with Crippen molar-refractivity contribution in [1.82, 2.24) is 0 Å². The fraction of sp³-hybridized carbons (Fsp3) is 0.200. The van der Waals surface area contributed by atoms with Gasteiger partial charge in [-0.3, -0.25) is 0 Å². The van der Waals surface area contributed by atoms with E-state index in [0.29, 0.717) is 6.42 Å². The summed E-state index contributed by atoms with van der Waals surface area (Å²) < 4.78 is 38.4. The van der Waals surface area contributed by atoms with Gasteiger partial charge >= 0.3 is 0 Å². The molecular formula is C10H11ClF3N. The summed E-state index contributed by atoms with van der Waals surface area (Å²) in [5.74, 6) is -3.92. The minimum atomic E-state index is -1.48. The van der Waals surface area contributed by atoms with E-state index in [4.69, 9.17) is 5.73 Å². The van der Waals surface area contributed by atoms with Crippen LogP contribution in [-0.2, 0) is 0 Å². The van der Waals surface area contributed by atoms with Gasteiger partial charge in [0.1, 0.15) is 0 Å². The highest BCUT2D eigenvalue weighted by Gasteiger charge is 2.16. The molecular weight excluding hydrogens is 227 g/mol. The number of nitrogens with two attached hydrogens (primary N) is 1. The van der Waals surface area contributed by atoms with Crippen molar-refractivity contribution in [2.24, 2.45) is 5.73 Å². The average molecular weight is 238 g/mol. The Morgan fingerprint density at radius 3 is 2.40 bits per heavy atom. The molecule has 0 aromatic heterocycles.